The average molecular weight is 356 g/mol. The number of urea groups is 1. The van der Waals surface area contributed by atoms with E-state index in [9.17, 15) is 4.79 Å². The SMILES string of the molecule is COc1ccc(CNC(=O)N2CCC3(CC2)C[C@@H]3c2noc(C)n2)cc1. The lowest BCUT2D eigenvalue weighted by atomic mass is 9.91. The van der Waals surface area contributed by atoms with Crippen LogP contribution in [-0.2, 0) is 6.54 Å². The van der Waals surface area contributed by atoms with E-state index in [1.807, 2.05) is 36.1 Å². The molecule has 1 N–H and O–H groups in total. The topological polar surface area (TPSA) is 80.5 Å². The third-order valence-electron chi connectivity index (χ3n) is 5.69. The van der Waals surface area contributed by atoms with Crippen LogP contribution in [0, 0.1) is 12.3 Å². The molecule has 138 valence electrons. The Morgan fingerprint density at radius 1 is 1.35 bits per heavy atom. The van der Waals surface area contributed by atoms with Gasteiger partial charge < -0.3 is 19.5 Å². The summed E-state index contributed by atoms with van der Waals surface area (Å²) in [7, 11) is 1.64. The van der Waals surface area contributed by atoms with Crippen LogP contribution < -0.4 is 10.1 Å². The molecule has 1 atom stereocenters. The Kier molecular flexibility index (Phi) is 4.30. The van der Waals surface area contributed by atoms with Gasteiger partial charge in [0.25, 0.3) is 0 Å². The number of piperidine rings is 1. The number of rotatable bonds is 4. The van der Waals surface area contributed by atoms with Gasteiger partial charge in [-0.05, 0) is 42.4 Å². The molecule has 7 nitrogen and oxygen atoms in total. The number of likely N-dealkylation sites (tertiary alicyclic amines) is 1. The molecule has 2 aromatic rings. The molecule has 2 heterocycles. The molecule has 1 saturated heterocycles. The molecule has 4 rings (SSSR count). The summed E-state index contributed by atoms with van der Waals surface area (Å²) in [6.07, 6.45) is 3.11. The second-order valence-electron chi connectivity index (χ2n) is 7.28. The summed E-state index contributed by atoms with van der Waals surface area (Å²) in [6, 6.07) is 7.74. The summed E-state index contributed by atoms with van der Waals surface area (Å²) in [5, 5.41) is 7.08. The number of hydrogen-bond acceptors (Lipinski definition) is 5. The van der Waals surface area contributed by atoms with Gasteiger partial charge in [0.1, 0.15) is 5.75 Å². The lowest BCUT2D eigenvalue weighted by Gasteiger charge is -2.32. The molecule has 1 aromatic heterocycles. The number of nitrogens with one attached hydrogen (secondary N) is 1. The van der Waals surface area contributed by atoms with Gasteiger partial charge in [-0.1, -0.05) is 17.3 Å². The van der Waals surface area contributed by atoms with Crippen molar-refractivity contribution >= 4 is 6.03 Å². The van der Waals surface area contributed by atoms with Crippen molar-refractivity contribution in [2.75, 3.05) is 20.2 Å². The number of aromatic nitrogens is 2. The Hall–Kier alpha value is -2.57. The van der Waals surface area contributed by atoms with Crippen LogP contribution in [-0.4, -0.2) is 41.3 Å². The van der Waals surface area contributed by atoms with Crippen LogP contribution in [0.15, 0.2) is 28.8 Å². The van der Waals surface area contributed by atoms with Crippen molar-refractivity contribution in [2.24, 2.45) is 5.41 Å². The Bertz CT molecular complexity index is 778. The number of nitrogens with zero attached hydrogens (tertiary/aromatic N) is 3. The first-order valence-electron chi connectivity index (χ1n) is 9.05. The Morgan fingerprint density at radius 3 is 2.69 bits per heavy atom. The van der Waals surface area contributed by atoms with Gasteiger partial charge in [-0.25, -0.2) is 4.79 Å². The van der Waals surface area contributed by atoms with E-state index in [2.05, 4.69) is 15.5 Å². The van der Waals surface area contributed by atoms with E-state index in [0.29, 0.717) is 18.4 Å². The molecule has 2 fully saturated rings. The molecule has 0 unspecified atom stereocenters. The summed E-state index contributed by atoms with van der Waals surface area (Å²) >= 11 is 0. The van der Waals surface area contributed by atoms with Crippen LogP contribution in [0.2, 0.25) is 0 Å². The fourth-order valence-electron chi connectivity index (χ4n) is 3.91. The molecule has 1 spiro atoms. The van der Waals surface area contributed by atoms with Crippen LogP contribution >= 0.6 is 0 Å². The summed E-state index contributed by atoms with van der Waals surface area (Å²) in [5.74, 6) is 2.67. The van der Waals surface area contributed by atoms with Crippen molar-refractivity contribution in [3.8, 4) is 5.75 Å². The average Bonchev–Trinajstić information content (AvgIpc) is 3.18. The van der Waals surface area contributed by atoms with Gasteiger partial charge in [0.15, 0.2) is 5.82 Å². The lowest BCUT2D eigenvalue weighted by molar-refractivity contribution is 0.162. The molecule has 26 heavy (non-hydrogen) atoms. The molecule has 0 bridgehead atoms. The maximum absolute atomic E-state index is 12.4. The summed E-state index contributed by atoms with van der Waals surface area (Å²) in [6.45, 7) is 3.90. The first-order chi connectivity index (χ1) is 12.6. The highest BCUT2D eigenvalue weighted by atomic mass is 16.5. The Balaban J connectivity index is 1.26. The van der Waals surface area contributed by atoms with Gasteiger partial charge in [0.2, 0.25) is 5.89 Å². The number of amides is 2. The minimum absolute atomic E-state index is 0.00303. The Morgan fingerprint density at radius 2 is 2.08 bits per heavy atom. The highest BCUT2D eigenvalue weighted by molar-refractivity contribution is 5.74. The number of ether oxygens (including phenoxy) is 1. The van der Waals surface area contributed by atoms with Gasteiger partial charge in [0, 0.05) is 32.5 Å². The maximum atomic E-state index is 12.4. The molecule has 7 heteroatoms. The van der Waals surface area contributed by atoms with Crippen molar-refractivity contribution in [3.63, 3.8) is 0 Å². The fraction of sp³-hybridized carbons (Fsp3) is 0.526. The Labute approximate surface area is 152 Å². The van der Waals surface area contributed by atoms with Crippen LogP contribution in [0.4, 0.5) is 4.79 Å². The molecule has 1 saturated carbocycles. The normalized spacial score (nSPS) is 20.8. The lowest BCUT2D eigenvalue weighted by Crippen LogP contribution is -2.44. The maximum Gasteiger partial charge on any atom is 0.317 e. The highest BCUT2D eigenvalue weighted by Crippen LogP contribution is 2.64. The second-order valence-corrected chi connectivity index (χ2v) is 7.28. The molecular weight excluding hydrogens is 332 g/mol. The van der Waals surface area contributed by atoms with Crippen molar-refractivity contribution in [1.82, 2.24) is 20.4 Å². The van der Waals surface area contributed by atoms with Gasteiger partial charge in [-0.15, -0.1) is 0 Å². The zero-order valence-corrected chi connectivity index (χ0v) is 15.2. The second kappa shape index (κ2) is 6.63. The van der Waals surface area contributed by atoms with Gasteiger partial charge in [-0.3, -0.25) is 0 Å². The smallest absolute Gasteiger partial charge is 0.317 e. The van der Waals surface area contributed by atoms with Crippen LogP contribution in [0.5, 0.6) is 5.75 Å². The number of carbonyl (C=O) groups is 1. The summed E-state index contributed by atoms with van der Waals surface area (Å²) in [4.78, 5) is 18.7. The van der Waals surface area contributed by atoms with E-state index in [0.717, 1.165) is 49.5 Å². The highest BCUT2D eigenvalue weighted by Gasteiger charge is 2.57. The van der Waals surface area contributed by atoms with Crippen molar-refractivity contribution < 1.29 is 14.1 Å². The number of hydrogen-bond donors (Lipinski definition) is 1. The van der Waals surface area contributed by atoms with E-state index in [1.165, 1.54) is 0 Å². The first-order valence-corrected chi connectivity index (χ1v) is 9.05. The van der Waals surface area contributed by atoms with Gasteiger partial charge >= 0.3 is 6.03 Å². The minimum atomic E-state index is 0.00303. The van der Waals surface area contributed by atoms with Crippen LogP contribution in [0.1, 0.15) is 42.5 Å². The minimum Gasteiger partial charge on any atom is -0.497 e. The van der Waals surface area contributed by atoms with Crippen LogP contribution in [0.25, 0.3) is 0 Å². The third kappa shape index (κ3) is 3.25. The number of benzene rings is 1. The predicted octanol–water partition coefficient (Wildman–Crippen LogP) is 2.87. The van der Waals surface area contributed by atoms with Crippen LogP contribution in [0.3, 0.4) is 0 Å². The quantitative estimate of drug-likeness (QED) is 0.911. The fourth-order valence-corrected chi connectivity index (χ4v) is 3.91. The molecule has 1 aliphatic carbocycles. The molecule has 1 aromatic carbocycles. The zero-order valence-electron chi connectivity index (χ0n) is 15.2. The van der Waals surface area contributed by atoms with Gasteiger partial charge in [0.05, 0.1) is 7.11 Å². The van der Waals surface area contributed by atoms with Crippen molar-refractivity contribution in [2.45, 2.75) is 38.6 Å². The van der Waals surface area contributed by atoms with Crippen molar-refractivity contribution in [1.29, 1.82) is 0 Å². The molecule has 2 aliphatic rings. The van der Waals surface area contributed by atoms with E-state index < -0.39 is 0 Å². The largest absolute Gasteiger partial charge is 0.497 e. The molecule has 1 aliphatic heterocycles. The van der Waals surface area contributed by atoms with E-state index in [4.69, 9.17) is 9.26 Å². The zero-order chi connectivity index (χ0) is 18.1. The molecule has 2 amide bonds. The monoisotopic (exact) mass is 356 g/mol. The molecule has 0 radical (unpaired) electrons. The standard InChI is InChI=1S/C19H24N4O3/c1-13-21-17(22-26-13)16-11-19(16)7-9-23(10-8-19)18(24)20-12-14-3-5-15(25-2)6-4-14/h3-6,16H,7-12H2,1-2H3,(H,20,24)/t16-/m1/s1. The van der Waals surface area contributed by atoms with E-state index in [-0.39, 0.29) is 11.4 Å². The predicted molar refractivity (Wildman–Crippen MR) is 94.9 cm³/mol. The van der Waals surface area contributed by atoms with Crippen molar-refractivity contribution in [3.05, 3.63) is 41.5 Å². The number of methoxy groups -OCH3 is 1. The number of carbonyl (C=O) groups excluding carboxylic acids is 1. The third-order valence-corrected chi connectivity index (χ3v) is 5.69. The molecular formula is C19H24N4O3. The van der Waals surface area contributed by atoms with Gasteiger partial charge in [-0.2, -0.15) is 4.98 Å². The van der Waals surface area contributed by atoms with E-state index >= 15 is 0 Å². The number of aryl methyl sites for hydroxylation is 1. The first kappa shape index (κ1) is 16.9. The van der Waals surface area contributed by atoms with E-state index in [1.54, 1.807) is 7.11 Å². The summed E-state index contributed by atoms with van der Waals surface area (Å²) in [5.41, 5.74) is 1.32. The summed E-state index contributed by atoms with van der Waals surface area (Å²) < 4.78 is 10.3.